The zero-order valence-electron chi connectivity index (χ0n) is 14.5. The highest BCUT2D eigenvalue weighted by molar-refractivity contribution is 5.95. The third-order valence-electron chi connectivity index (χ3n) is 6.17. The van der Waals surface area contributed by atoms with Crippen LogP contribution in [0, 0.1) is 17.8 Å². The Morgan fingerprint density at radius 3 is 2.56 bits per heavy atom. The predicted octanol–water partition coefficient (Wildman–Crippen LogP) is 2.30. The van der Waals surface area contributed by atoms with Crippen molar-refractivity contribution in [3.05, 3.63) is 18.3 Å². The summed E-state index contributed by atoms with van der Waals surface area (Å²) in [5.41, 5.74) is 7.11. The van der Waals surface area contributed by atoms with Crippen LogP contribution in [0.3, 0.4) is 0 Å². The zero-order chi connectivity index (χ0) is 17.4. The maximum Gasteiger partial charge on any atom is 0.228 e. The third kappa shape index (κ3) is 3.27. The summed E-state index contributed by atoms with van der Waals surface area (Å²) in [4.78, 5) is 30.5. The van der Waals surface area contributed by atoms with E-state index < -0.39 is 0 Å². The van der Waals surface area contributed by atoms with E-state index in [0.717, 1.165) is 44.3 Å². The molecule has 134 valence electrons. The van der Waals surface area contributed by atoms with Crippen LogP contribution in [0.2, 0.25) is 0 Å². The van der Waals surface area contributed by atoms with Crippen molar-refractivity contribution < 1.29 is 9.59 Å². The summed E-state index contributed by atoms with van der Waals surface area (Å²) >= 11 is 0. The molecule has 3 fully saturated rings. The highest BCUT2D eigenvalue weighted by Crippen LogP contribution is 2.42. The van der Waals surface area contributed by atoms with Crippen LogP contribution in [0.1, 0.15) is 44.9 Å². The molecular formula is C19H26N4O2. The van der Waals surface area contributed by atoms with Gasteiger partial charge in [0.25, 0.3) is 0 Å². The summed E-state index contributed by atoms with van der Waals surface area (Å²) in [6.07, 6.45) is 8.50. The van der Waals surface area contributed by atoms with Crippen molar-refractivity contribution in [2.24, 2.45) is 23.5 Å². The number of nitrogens with one attached hydrogen (secondary N) is 1. The van der Waals surface area contributed by atoms with E-state index in [-0.39, 0.29) is 23.8 Å². The van der Waals surface area contributed by atoms with Gasteiger partial charge in [-0.05, 0) is 56.1 Å². The molecule has 4 rings (SSSR count). The smallest absolute Gasteiger partial charge is 0.228 e. The molecule has 6 heteroatoms. The first-order chi connectivity index (χ1) is 12.1. The van der Waals surface area contributed by atoms with Gasteiger partial charge in [0.05, 0.1) is 11.9 Å². The van der Waals surface area contributed by atoms with E-state index in [2.05, 4.69) is 10.3 Å². The summed E-state index contributed by atoms with van der Waals surface area (Å²) in [6.45, 7) is 0.747. The first kappa shape index (κ1) is 16.5. The van der Waals surface area contributed by atoms with Crippen molar-refractivity contribution in [2.45, 2.75) is 51.0 Å². The summed E-state index contributed by atoms with van der Waals surface area (Å²) in [5.74, 6) is 1.77. The summed E-state index contributed by atoms with van der Waals surface area (Å²) in [5, 5.41) is 2.95. The molecule has 0 spiro atoms. The predicted molar refractivity (Wildman–Crippen MR) is 96.0 cm³/mol. The Morgan fingerprint density at radius 1 is 1.20 bits per heavy atom. The molecule has 2 atom stereocenters. The van der Waals surface area contributed by atoms with Gasteiger partial charge in [-0.25, -0.2) is 4.98 Å². The quantitative estimate of drug-likeness (QED) is 0.882. The fourth-order valence-corrected chi connectivity index (χ4v) is 4.77. The molecule has 0 aromatic carbocycles. The largest absolute Gasteiger partial charge is 0.327 e. The van der Waals surface area contributed by atoms with Crippen molar-refractivity contribution in [3.8, 4) is 0 Å². The molecular weight excluding hydrogens is 316 g/mol. The number of amides is 2. The number of anilines is 2. The second kappa shape index (κ2) is 6.75. The molecule has 3 aliphatic rings. The summed E-state index contributed by atoms with van der Waals surface area (Å²) < 4.78 is 0. The van der Waals surface area contributed by atoms with Crippen molar-refractivity contribution in [1.29, 1.82) is 0 Å². The van der Waals surface area contributed by atoms with E-state index in [1.165, 1.54) is 6.42 Å². The Bertz CT molecular complexity index is 646. The number of pyridine rings is 1. The van der Waals surface area contributed by atoms with Gasteiger partial charge in [-0.15, -0.1) is 0 Å². The lowest BCUT2D eigenvalue weighted by Gasteiger charge is -2.43. The van der Waals surface area contributed by atoms with E-state index in [0.29, 0.717) is 24.1 Å². The van der Waals surface area contributed by atoms with Crippen molar-refractivity contribution in [2.75, 3.05) is 16.8 Å². The molecule has 1 aromatic rings. The molecule has 1 aliphatic heterocycles. The Hall–Kier alpha value is -1.95. The molecule has 1 saturated heterocycles. The van der Waals surface area contributed by atoms with Crippen LogP contribution < -0.4 is 16.0 Å². The van der Waals surface area contributed by atoms with Crippen LogP contribution in [0.25, 0.3) is 0 Å². The van der Waals surface area contributed by atoms with E-state index in [1.54, 1.807) is 17.2 Å². The van der Waals surface area contributed by atoms with E-state index in [9.17, 15) is 9.59 Å². The standard InChI is InChI=1S/C19H26N4O2/c20-18-12-3-1-4-13(18)10-14(9-12)19(25)22-16-7-6-15(11-21-16)23-8-2-5-17(23)24/h6-7,11-14,18H,1-5,8-10,20H2,(H,21,22,25). The van der Waals surface area contributed by atoms with Crippen LogP contribution in [-0.4, -0.2) is 29.4 Å². The Morgan fingerprint density at radius 2 is 1.96 bits per heavy atom. The Labute approximate surface area is 148 Å². The summed E-state index contributed by atoms with van der Waals surface area (Å²) in [7, 11) is 0. The first-order valence-electron chi connectivity index (χ1n) is 9.44. The van der Waals surface area contributed by atoms with Crippen molar-refractivity contribution >= 4 is 23.3 Å². The lowest BCUT2D eigenvalue weighted by Crippen LogP contribution is -2.48. The van der Waals surface area contributed by atoms with Crippen LogP contribution in [0.4, 0.5) is 11.5 Å². The lowest BCUT2D eigenvalue weighted by molar-refractivity contribution is -0.122. The zero-order valence-corrected chi connectivity index (χ0v) is 14.5. The van der Waals surface area contributed by atoms with Gasteiger partial charge in [0.1, 0.15) is 5.82 Å². The number of nitrogens with zero attached hydrogens (tertiary/aromatic N) is 2. The maximum absolute atomic E-state index is 12.6. The second-order valence-corrected chi connectivity index (χ2v) is 7.74. The normalized spacial score (nSPS) is 31.9. The minimum Gasteiger partial charge on any atom is -0.327 e. The van der Waals surface area contributed by atoms with E-state index in [1.807, 2.05) is 6.07 Å². The molecule has 2 heterocycles. The topological polar surface area (TPSA) is 88.3 Å². The van der Waals surface area contributed by atoms with E-state index >= 15 is 0 Å². The van der Waals surface area contributed by atoms with E-state index in [4.69, 9.17) is 5.73 Å². The van der Waals surface area contributed by atoms with Gasteiger partial charge in [0.2, 0.25) is 11.8 Å². The first-order valence-corrected chi connectivity index (χ1v) is 9.44. The molecule has 25 heavy (non-hydrogen) atoms. The average molecular weight is 342 g/mol. The number of nitrogens with two attached hydrogens (primary N) is 1. The lowest BCUT2D eigenvalue weighted by atomic mass is 9.65. The number of aromatic nitrogens is 1. The molecule has 2 bridgehead atoms. The van der Waals surface area contributed by atoms with Gasteiger partial charge >= 0.3 is 0 Å². The number of carbonyl (C=O) groups is 2. The van der Waals surface area contributed by atoms with Gasteiger partial charge in [-0.2, -0.15) is 0 Å². The second-order valence-electron chi connectivity index (χ2n) is 7.74. The molecule has 3 N–H and O–H groups in total. The van der Waals surface area contributed by atoms with Crippen molar-refractivity contribution in [3.63, 3.8) is 0 Å². The molecule has 1 aromatic heterocycles. The highest BCUT2D eigenvalue weighted by Gasteiger charge is 2.40. The fourth-order valence-electron chi connectivity index (χ4n) is 4.77. The average Bonchev–Trinajstić information content (AvgIpc) is 3.01. The minimum absolute atomic E-state index is 0.0386. The molecule has 2 unspecified atom stereocenters. The van der Waals surface area contributed by atoms with Crippen LogP contribution in [-0.2, 0) is 9.59 Å². The number of carbonyl (C=O) groups excluding carboxylic acids is 2. The number of hydrogen-bond donors (Lipinski definition) is 2. The molecule has 0 radical (unpaired) electrons. The third-order valence-corrected chi connectivity index (χ3v) is 6.17. The van der Waals surface area contributed by atoms with Gasteiger partial charge in [0.15, 0.2) is 0 Å². The molecule has 2 amide bonds. The number of fused-ring (bicyclic) bond motifs is 2. The molecule has 2 aliphatic carbocycles. The van der Waals surface area contributed by atoms with Crippen LogP contribution >= 0.6 is 0 Å². The molecule has 2 saturated carbocycles. The summed E-state index contributed by atoms with van der Waals surface area (Å²) in [6, 6.07) is 3.92. The van der Waals surface area contributed by atoms with Gasteiger partial charge in [0, 0.05) is 24.9 Å². The fraction of sp³-hybridized carbons (Fsp3) is 0.632. The Kier molecular flexibility index (Phi) is 4.46. The SMILES string of the molecule is NC1C2CCCC1CC(C(=O)Nc1ccc(N3CCCC3=O)cn1)C2. The van der Waals surface area contributed by atoms with Crippen LogP contribution in [0.15, 0.2) is 18.3 Å². The monoisotopic (exact) mass is 342 g/mol. The van der Waals surface area contributed by atoms with Crippen molar-refractivity contribution in [1.82, 2.24) is 4.98 Å². The van der Waals surface area contributed by atoms with Gasteiger partial charge < -0.3 is 16.0 Å². The van der Waals surface area contributed by atoms with Crippen LogP contribution in [0.5, 0.6) is 0 Å². The Balaban J connectivity index is 1.38. The molecule has 6 nitrogen and oxygen atoms in total. The number of hydrogen-bond acceptors (Lipinski definition) is 4. The van der Waals surface area contributed by atoms with Gasteiger partial charge in [-0.1, -0.05) is 6.42 Å². The van der Waals surface area contributed by atoms with Gasteiger partial charge in [-0.3, -0.25) is 9.59 Å². The maximum atomic E-state index is 12.6. The highest BCUT2D eigenvalue weighted by atomic mass is 16.2. The number of rotatable bonds is 3. The minimum atomic E-state index is 0.0386.